The van der Waals surface area contributed by atoms with Crippen LogP contribution in [0.2, 0.25) is 0 Å². The molecule has 1 unspecified atom stereocenters. The van der Waals surface area contributed by atoms with Crippen LogP contribution in [-0.2, 0) is 0 Å². The smallest absolute Gasteiger partial charge is 0.136 e. The summed E-state index contributed by atoms with van der Waals surface area (Å²) < 4.78 is 6.64. The van der Waals surface area contributed by atoms with Crippen molar-refractivity contribution in [1.82, 2.24) is 4.90 Å². The topological polar surface area (TPSA) is 42.4 Å². The van der Waals surface area contributed by atoms with Crippen LogP contribution in [0, 0.1) is 0 Å². The van der Waals surface area contributed by atoms with Crippen molar-refractivity contribution < 1.29 is 4.42 Å². The fourth-order valence-corrected chi connectivity index (χ4v) is 4.19. The molecule has 1 saturated heterocycles. The maximum atomic E-state index is 6.59. The zero-order valence-corrected chi connectivity index (χ0v) is 12.3. The van der Waals surface area contributed by atoms with Gasteiger partial charge in [0.15, 0.2) is 0 Å². The van der Waals surface area contributed by atoms with Crippen molar-refractivity contribution >= 4 is 15.9 Å². The molecule has 18 heavy (non-hydrogen) atoms. The lowest BCUT2D eigenvalue weighted by Gasteiger charge is -2.42. The van der Waals surface area contributed by atoms with Crippen LogP contribution in [0.3, 0.4) is 0 Å². The highest BCUT2D eigenvalue weighted by Gasteiger charge is 2.47. The highest BCUT2D eigenvalue weighted by molar-refractivity contribution is 9.10. The van der Waals surface area contributed by atoms with Gasteiger partial charge in [0.2, 0.25) is 0 Å². The first kappa shape index (κ1) is 12.7. The average Bonchev–Trinajstić information content (AvgIpc) is 3.10. The van der Waals surface area contributed by atoms with Gasteiger partial charge < -0.3 is 10.2 Å². The standard InChI is InChI=1S/C14H21BrN2O/c15-11-5-10-18-12(11)13(16)14(6-1-2-7-14)17-8-3-4-9-17/h5,10,13H,1-4,6-9,16H2. The fourth-order valence-electron chi connectivity index (χ4n) is 3.74. The number of hydrogen-bond acceptors (Lipinski definition) is 3. The Balaban J connectivity index is 1.91. The third-order valence-electron chi connectivity index (χ3n) is 4.71. The number of rotatable bonds is 3. The van der Waals surface area contributed by atoms with Crippen LogP contribution >= 0.6 is 15.9 Å². The molecule has 3 nitrogen and oxygen atoms in total. The Labute approximate surface area is 117 Å². The van der Waals surface area contributed by atoms with Gasteiger partial charge in [-0.15, -0.1) is 0 Å². The molecule has 1 aromatic heterocycles. The molecule has 0 bridgehead atoms. The minimum Gasteiger partial charge on any atom is -0.466 e. The third-order valence-corrected chi connectivity index (χ3v) is 5.37. The van der Waals surface area contributed by atoms with Gasteiger partial charge in [0.25, 0.3) is 0 Å². The molecule has 1 aliphatic carbocycles. The number of nitrogens with zero attached hydrogens (tertiary/aromatic N) is 1. The maximum Gasteiger partial charge on any atom is 0.136 e. The van der Waals surface area contributed by atoms with E-state index in [-0.39, 0.29) is 11.6 Å². The molecule has 2 fully saturated rings. The molecule has 2 heterocycles. The molecule has 1 aromatic rings. The molecule has 100 valence electrons. The summed E-state index contributed by atoms with van der Waals surface area (Å²) in [5.41, 5.74) is 6.73. The van der Waals surface area contributed by atoms with Crippen LogP contribution in [0.1, 0.15) is 50.3 Å². The van der Waals surface area contributed by atoms with E-state index in [1.165, 1.54) is 51.6 Å². The van der Waals surface area contributed by atoms with Gasteiger partial charge in [0.1, 0.15) is 5.76 Å². The van der Waals surface area contributed by atoms with Crippen molar-refractivity contribution in [2.75, 3.05) is 13.1 Å². The van der Waals surface area contributed by atoms with Crippen molar-refractivity contribution in [2.24, 2.45) is 5.73 Å². The van der Waals surface area contributed by atoms with E-state index in [2.05, 4.69) is 20.8 Å². The Morgan fingerprint density at radius 2 is 1.89 bits per heavy atom. The summed E-state index contributed by atoms with van der Waals surface area (Å²) in [5, 5.41) is 0. The van der Waals surface area contributed by atoms with Crippen LogP contribution < -0.4 is 5.73 Å². The summed E-state index contributed by atoms with van der Waals surface area (Å²) in [6, 6.07) is 1.93. The lowest BCUT2D eigenvalue weighted by atomic mass is 9.85. The van der Waals surface area contributed by atoms with E-state index >= 15 is 0 Å². The number of halogens is 1. The maximum absolute atomic E-state index is 6.59. The van der Waals surface area contributed by atoms with E-state index in [4.69, 9.17) is 10.2 Å². The van der Waals surface area contributed by atoms with Gasteiger partial charge in [0.05, 0.1) is 16.8 Å². The second kappa shape index (κ2) is 4.99. The predicted molar refractivity (Wildman–Crippen MR) is 75.3 cm³/mol. The quantitative estimate of drug-likeness (QED) is 0.929. The summed E-state index contributed by atoms with van der Waals surface area (Å²) >= 11 is 3.55. The SMILES string of the molecule is NC(c1occc1Br)C1(N2CCCC2)CCCC1. The van der Waals surface area contributed by atoms with Gasteiger partial charge in [-0.3, -0.25) is 4.90 Å². The lowest BCUT2D eigenvalue weighted by molar-refractivity contribution is 0.0834. The van der Waals surface area contributed by atoms with Gasteiger partial charge >= 0.3 is 0 Å². The zero-order chi connectivity index (χ0) is 12.6. The fraction of sp³-hybridized carbons (Fsp3) is 0.714. The van der Waals surface area contributed by atoms with Crippen molar-refractivity contribution in [1.29, 1.82) is 0 Å². The van der Waals surface area contributed by atoms with Crippen molar-refractivity contribution in [3.63, 3.8) is 0 Å². The minimum absolute atomic E-state index is 0.0116. The second-order valence-electron chi connectivity index (χ2n) is 5.62. The van der Waals surface area contributed by atoms with Crippen LogP contribution in [-0.4, -0.2) is 23.5 Å². The number of nitrogens with two attached hydrogens (primary N) is 1. The van der Waals surface area contributed by atoms with Gasteiger partial charge in [-0.25, -0.2) is 0 Å². The summed E-state index contributed by atoms with van der Waals surface area (Å²) in [7, 11) is 0. The lowest BCUT2D eigenvalue weighted by Crippen LogP contribution is -2.52. The van der Waals surface area contributed by atoms with Gasteiger partial charge in [-0.1, -0.05) is 12.8 Å². The average molecular weight is 313 g/mol. The van der Waals surface area contributed by atoms with Crippen molar-refractivity contribution in [2.45, 2.75) is 50.1 Å². The Morgan fingerprint density at radius 1 is 1.22 bits per heavy atom. The summed E-state index contributed by atoms with van der Waals surface area (Å²) in [6.07, 6.45) is 9.36. The molecule has 4 heteroatoms. The summed E-state index contributed by atoms with van der Waals surface area (Å²) in [5.74, 6) is 0.920. The van der Waals surface area contributed by atoms with Gasteiger partial charge in [0, 0.05) is 5.54 Å². The Morgan fingerprint density at radius 3 is 2.44 bits per heavy atom. The number of likely N-dealkylation sites (tertiary alicyclic amines) is 1. The monoisotopic (exact) mass is 312 g/mol. The number of hydrogen-bond donors (Lipinski definition) is 1. The minimum atomic E-state index is -0.0116. The van der Waals surface area contributed by atoms with Crippen LogP contribution in [0.5, 0.6) is 0 Å². The first-order chi connectivity index (χ1) is 8.74. The van der Waals surface area contributed by atoms with E-state index in [1.807, 2.05) is 6.07 Å². The largest absolute Gasteiger partial charge is 0.466 e. The molecule has 1 aliphatic heterocycles. The third kappa shape index (κ3) is 1.95. The molecular formula is C14H21BrN2O. The highest BCUT2D eigenvalue weighted by atomic mass is 79.9. The van der Waals surface area contributed by atoms with Crippen LogP contribution in [0.15, 0.2) is 21.2 Å². The highest BCUT2D eigenvalue weighted by Crippen LogP contribution is 2.46. The van der Waals surface area contributed by atoms with E-state index in [0.717, 1.165) is 10.2 Å². The van der Waals surface area contributed by atoms with E-state index in [9.17, 15) is 0 Å². The molecule has 1 saturated carbocycles. The van der Waals surface area contributed by atoms with Gasteiger partial charge in [-0.05, 0) is 60.8 Å². The van der Waals surface area contributed by atoms with Crippen molar-refractivity contribution in [3.05, 3.63) is 22.6 Å². The predicted octanol–water partition coefficient (Wildman–Crippen LogP) is 3.45. The van der Waals surface area contributed by atoms with E-state index in [1.54, 1.807) is 6.26 Å². The summed E-state index contributed by atoms with van der Waals surface area (Å²) in [4.78, 5) is 2.62. The molecule has 1 atom stereocenters. The molecule has 0 amide bonds. The first-order valence-electron chi connectivity index (χ1n) is 6.97. The van der Waals surface area contributed by atoms with E-state index in [0.29, 0.717) is 0 Å². The molecular weight excluding hydrogens is 292 g/mol. The van der Waals surface area contributed by atoms with Crippen LogP contribution in [0.4, 0.5) is 0 Å². The molecule has 2 aliphatic rings. The Bertz CT molecular complexity index is 406. The van der Waals surface area contributed by atoms with Crippen molar-refractivity contribution in [3.8, 4) is 0 Å². The first-order valence-corrected chi connectivity index (χ1v) is 7.77. The summed E-state index contributed by atoms with van der Waals surface area (Å²) in [6.45, 7) is 2.40. The van der Waals surface area contributed by atoms with Gasteiger partial charge in [-0.2, -0.15) is 0 Å². The zero-order valence-electron chi connectivity index (χ0n) is 10.7. The normalized spacial score (nSPS) is 25.7. The van der Waals surface area contributed by atoms with Crippen LogP contribution in [0.25, 0.3) is 0 Å². The van der Waals surface area contributed by atoms with E-state index < -0.39 is 0 Å². The second-order valence-corrected chi connectivity index (χ2v) is 6.47. The molecule has 2 N–H and O–H groups in total. The number of furan rings is 1. The molecule has 0 aromatic carbocycles. The Hall–Kier alpha value is -0.320. The Kier molecular flexibility index (Phi) is 3.52. The molecule has 3 rings (SSSR count). The molecule has 0 radical (unpaired) electrons. The molecule has 0 spiro atoms.